The molecule has 1 saturated heterocycles. The van der Waals surface area contributed by atoms with Crippen molar-refractivity contribution in [2.75, 3.05) is 23.9 Å². The van der Waals surface area contributed by atoms with Crippen molar-refractivity contribution in [3.8, 4) is 0 Å². The molecule has 12 heavy (non-hydrogen) atoms. The second-order valence-corrected chi connectivity index (χ2v) is 5.74. The third-order valence-electron chi connectivity index (χ3n) is 1.64. The summed E-state index contributed by atoms with van der Waals surface area (Å²) < 4.78 is 24.8. The van der Waals surface area contributed by atoms with Crippen LogP contribution in [0.15, 0.2) is 0 Å². The van der Waals surface area contributed by atoms with E-state index in [4.69, 9.17) is 5.11 Å². The Kier molecular flexibility index (Phi) is 3.82. The molecule has 4 nitrogen and oxygen atoms in total. The van der Waals surface area contributed by atoms with Gasteiger partial charge in [0.05, 0.1) is 12.4 Å². The van der Waals surface area contributed by atoms with Crippen molar-refractivity contribution in [2.24, 2.45) is 0 Å². The average molecular weight is 211 g/mol. The van der Waals surface area contributed by atoms with Crippen LogP contribution in [0, 0.1) is 0 Å². The van der Waals surface area contributed by atoms with Crippen molar-refractivity contribution in [2.45, 2.75) is 12.5 Å². The summed E-state index contributed by atoms with van der Waals surface area (Å²) in [6.07, 6.45) is 0.898. The van der Waals surface area contributed by atoms with Crippen LogP contribution in [0.4, 0.5) is 0 Å². The van der Waals surface area contributed by atoms with Crippen molar-refractivity contribution in [1.29, 1.82) is 0 Å². The molecule has 1 heterocycles. The lowest BCUT2D eigenvalue weighted by Gasteiger charge is -2.10. The highest BCUT2D eigenvalue weighted by Gasteiger charge is 2.20. The molecule has 1 aliphatic rings. The molecule has 72 valence electrons. The highest BCUT2D eigenvalue weighted by molar-refractivity contribution is 7.99. The number of aliphatic hydroxyl groups is 1. The zero-order valence-corrected chi connectivity index (χ0v) is 8.33. The summed E-state index contributed by atoms with van der Waals surface area (Å²) in [4.78, 5) is 0. The molecule has 0 saturated carbocycles. The monoisotopic (exact) mass is 211 g/mol. The van der Waals surface area contributed by atoms with E-state index in [9.17, 15) is 8.42 Å². The Balaban J connectivity index is 2.38. The fourth-order valence-electron chi connectivity index (χ4n) is 1.06. The predicted octanol–water partition coefficient (Wildman–Crippen LogP) is -0.596. The maximum atomic E-state index is 11.1. The number of hydrogen-bond acceptors (Lipinski definition) is 4. The van der Waals surface area contributed by atoms with E-state index in [2.05, 4.69) is 4.72 Å². The number of thioether (sulfide) groups is 1. The van der Waals surface area contributed by atoms with Crippen LogP contribution in [-0.2, 0) is 10.0 Å². The molecule has 0 aromatic carbocycles. The van der Waals surface area contributed by atoms with Crippen LogP contribution in [0.1, 0.15) is 6.42 Å². The first kappa shape index (κ1) is 10.3. The normalized spacial score (nSPS) is 24.6. The van der Waals surface area contributed by atoms with Gasteiger partial charge in [-0.05, 0) is 12.2 Å². The Hall–Kier alpha value is 0.220. The maximum Gasteiger partial charge on any atom is 0.214 e. The van der Waals surface area contributed by atoms with Gasteiger partial charge in [0.1, 0.15) is 0 Å². The standard InChI is InChI=1S/C6H13NO3S2/c8-2-4-12(9,10)7-6-1-3-11-5-6/h6-8H,1-5H2. The van der Waals surface area contributed by atoms with Gasteiger partial charge >= 0.3 is 0 Å². The minimum atomic E-state index is -3.23. The lowest BCUT2D eigenvalue weighted by Crippen LogP contribution is -2.36. The van der Waals surface area contributed by atoms with Crippen molar-refractivity contribution in [1.82, 2.24) is 4.72 Å². The molecule has 0 radical (unpaired) electrons. The van der Waals surface area contributed by atoms with E-state index < -0.39 is 10.0 Å². The smallest absolute Gasteiger partial charge is 0.214 e. The third-order valence-corrected chi connectivity index (χ3v) is 4.21. The summed E-state index contributed by atoms with van der Waals surface area (Å²) in [6.45, 7) is -0.310. The molecule has 1 atom stereocenters. The molecule has 1 aliphatic heterocycles. The Morgan fingerprint density at radius 2 is 2.33 bits per heavy atom. The van der Waals surface area contributed by atoms with Gasteiger partial charge in [-0.25, -0.2) is 13.1 Å². The molecule has 0 bridgehead atoms. The molecule has 1 rings (SSSR count). The van der Waals surface area contributed by atoms with E-state index >= 15 is 0 Å². The fourth-order valence-corrected chi connectivity index (χ4v) is 3.39. The van der Waals surface area contributed by atoms with Crippen LogP contribution in [0.3, 0.4) is 0 Å². The van der Waals surface area contributed by atoms with Gasteiger partial charge in [-0.15, -0.1) is 0 Å². The summed E-state index contributed by atoms with van der Waals surface area (Å²) in [5.74, 6) is 1.69. The number of hydrogen-bond donors (Lipinski definition) is 2. The van der Waals surface area contributed by atoms with Gasteiger partial charge in [0.15, 0.2) is 0 Å². The first-order valence-electron chi connectivity index (χ1n) is 3.82. The SMILES string of the molecule is O=S(=O)(CCO)NC1CCSC1. The molecule has 0 aromatic heterocycles. The summed E-state index contributed by atoms with van der Waals surface area (Å²) in [7, 11) is -3.23. The number of aliphatic hydroxyl groups excluding tert-OH is 1. The maximum absolute atomic E-state index is 11.1. The minimum absolute atomic E-state index is 0.0755. The largest absolute Gasteiger partial charge is 0.395 e. The van der Waals surface area contributed by atoms with E-state index in [1.165, 1.54) is 0 Å². The van der Waals surface area contributed by atoms with E-state index in [1.807, 2.05) is 0 Å². The van der Waals surface area contributed by atoms with E-state index in [-0.39, 0.29) is 18.4 Å². The van der Waals surface area contributed by atoms with Gasteiger partial charge in [-0.2, -0.15) is 11.8 Å². The van der Waals surface area contributed by atoms with Crippen LogP contribution in [0.2, 0.25) is 0 Å². The molecule has 0 aromatic rings. The average Bonchev–Trinajstić information content (AvgIpc) is 2.38. The van der Waals surface area contributed by atoms with Crippen LogP contribution >= 0.6 is 11.8 Å². The van der Waals surface area contributed by atoms with Crippen molar-refractivity contribution < 1.29 is 13.5 Å². The van der Waals surface area contributed by atoms with E-state index in [0.717, 1.165) is 17.9 Å². The Morgan fingerprint density at radius 1 is 1.58 bits per heavy atom. The molecular formula is C6H13NO3S2. The third kappa shape index (κ3) is 3.30. The van der Waals surface area contributed by atoms with Crippen molar-refractivity contribution in [3.63, 3.8) is 0 Å². The first-order valence-corrected chi connectivity index (χ1v) is 6.63. The van der Waals surface area contributed by atoms with Gasteiger partial charge in [-0.1, -0.05) is 0 Å². The number of rotatable bonds is 4. The first-order chi connectivity index (χ1) is 5.64. The molecule has 1 fully saturated rings. The Labute approximate surface area is 76.8 Å². The second kappa shape index (κ2) is 4.45. The minimum Gasteiger partial charge on any atom is -0.395 e. The van der Waals surface area contributed by atoms with Crippen LogP contribution in [0.5, 0.6) is 0 Å². The van der Waals surface area contributed by atoms with Gasteiger partial charge < -0.3 is 5.11 Å². The molecule has 2 N–H and O–H groups in total. The molecule has 0 spiro atoms. The molecule has 0 aliphatic carbocycles. The second-order valence-electron chi connectivity index (χ2n) is 2.72. The van der Waals surface area contributed by atoms with Crippen LogP contribution < -0.4 is 4.72 Å². The predicted molar refractivity (Wildman–Crippen MR) is 49.7 cm³/mol. The zero-order valence-electron chi connectivity index (χ0n) is 6.69. The van der Waals surface area contributed by atoms with Crippen LogP contribution in [-0.4, -0.2) is 43.4 Å². The number of nitrogens with one attached hydrogen (secondary N) is 1. The molecular weight excluding hydrogens is 198 g/mol. The van der Waals surface area contributed by atoms with Gasteiger partial charge in [-0.3, -0.25) is 0 Å². The highest BCUT2D eigenvalue weighted by atomic mass is 32.2. The number of sulfonamides is 1. The summed E-state index contributed by atoms with van der Waals surface area (Å²) in [6, 6.07) is 0.0755. The molecule has 1 unspecified atom stereocenters. The highest BCUT2D eigenvalue weighted by Crippen LogP contribution is 2.17. The fraction of sp³-hybridized carbons (Fsp3) is 1.00. The van der Waals surface area contributed by atoms with Gasteiger partial charge in [0, 0.05) is 11.8 Å². The topological polar surface area (TPSA) is 66.4 Å². The summed E-state index contributed by atoms with van der Waals surface area (Å²) in [5.41, 5.74) is 0. The van der Waals surface area contributed by atoms with Crippen molar-refractivity contribution >= 4 is 21.8 Å². The lowest BCUT2D eigenvalue weighted by molar-refractivity contribution is 0.319. The summed E-state index contributed by atoms with van der Waals surface area (Å²) in [5, 5.41) is 8.45. The Bertz CT molecular complexity index is 221. The van der Waals surface area contributed by atoms with E-state index in [1.54, 1.807) is 11.8 Å². The quantitative estimate of drug-likeness (QED) is 0.652. The van der Waals surface area contributed by atoms with E-state index in [0.29, 0.717) is 0 Å². The molecule has 6 heteroatoms. The van der Waals surface area contributed by atoms with Crippen molar-refractivity contribution in [3.05, 3.63) is 0 Å². The molecule has 0 amide bonds. The summed E-state index contributed by atoms with van der Waals surface area (Å²) >= 11 is 1.75. The van der Waals surface area contributed by atoms with Gasteiger partial charge in [0.25, 0.3) is 0 Å². The Morgan fingerprint density at radius 3 is 2.83 bits per heavy atom. The lowest BCUT2D eigenvalue weighted by atomic mass is 10.3. The zero-order chi connectivity index (χ0) is 9.03. The van der Waals surface area contributed by atoms with Crippen LogP contribution in [0.25, 0.3) is 0 Å². The van der Waals surface area contributed by atoms with Gasteiger partial charge in [0.2, 0.25) is 10.0 Å².